The molecule has 0 aromatic heterocycles. The van der Waals surface area contributed by atoms with Crippen molar-refractivity contribution in [3.63, 3.8) is 0 Å². The zero-order valence-electron chi connectivity index (χ0n) is 18.3. The monoisotopic (exact) mass is 433 g/mol. The second-order valence-electron chi connectivity index (χ2n) is 11.1. The highest BCUT2D eigenvalue weighted by Crippen LogP contribution is 2.69. The minimum atomic E-state index is -1.12. The molecule has 0 radical (unpaired) electrons. The molecule has 7 nitrogen and oxygen atoms in total. The SMILES string of the molecule is CC12CCC3C(CCC4(O)CC(O)CCC34/C=N/O)C1(O)CCCC2C1=CC(=O)OC1. The Kier molecular flexibility index (Phi) is 4.85. The Morgan fingerprint density at radius 3 is 2.58 bits per heavy atom. The van der Waals surface area contributed by atoms with Gasteiger partial charge in [0, 0.05) is 23.3 Å². The van der Waals surface area contributed by atoms with Gasteiger partial charge < -0.3 is 25.3 Å². The molecule has 1 aliphatic heterocycles. The van der Waals surface area contributed by atoms with Gasteiger partial charge in [-0.05, 0) is 81.1 Å². The van der Waals surface area contributed by atoms with Crippen molar-refractivity contribution < 1.29 is 30.1 Å². The van der Waals surface area contributed by atoms with Crippen LogP contribution >= 0.6 is 0 Å². The van der Waals surface area contributed by atoms with E-state index in [4.69, 9.17) is 4.74 Å². The number of nitrogens with zero attached hydrogens (tertiary/aromatic N) is 1. The number of aliphatic hydroxyl groups is 3. The van der Waals surface area contributed by atoms with E-state index in [2.05, 4.69) is 12.1 Å². The molecule has 1 heterocycles. The molecule has 0 bridgehead atoms. The van der Waals surface area contributed by atoms with Crippen LogP contribution in [0.5, 0.6) is 0 Å². The third-order valence-corrected chi connectivity index (χ3v) is 10.2. The first-order valence-corrected chi connectivity index (χ1v) is 11.9. The topological polar surface area (TPSA) is 120 Å². The Morgan fingerprint density at radius 1 is 1.10 bits per heavy atom. The molecule has 7 heteroatoms. The van der Waals surface area contributed by atoms with Gasteiger partial charge in [-0.1, -0.05) is 6.92 Å². The van der Waals surface area contributed by atoms with Gasteiger partial charge in [-0.25, -0.2) is 4.79 Å². The minimum absolute atomic E-state index is 0.0121. The lowest BCUT2D eigenvalue weighted by atomic mass is 9.38. The molecule has 4 fully saturated rings. The van der Waals surface area contributed by atoms with E-state index >= 15 is 0 Å². The van der Waals surface area contributed by atoms with Crippen molar-refractivity contribution in [2.45, 2.75) is 88.4 Å². The largest absolute Gasteiger partial charge is 0.458 e. The summed E-state index contributed by atoms with van der Waals surface area (Å²) >= 11 is 0. The molecule has 5 aliphatic rings. The van der Waals surface area contributed by atoms with E-state index in [1.165, 1.54) is 6.21 Å². The van der Waals surface area contributed by atoms with E-state index in [1.807, 2.05) is 0 Å². The third-order valence-electron chi connectivity index (χ3n) is 10.2. The molecule has 31 heavy (non-hydrogen) atoms. The number of hydrogen-bond donors (Lipinski definition) is 4. The molecule has 4 N–H and O–H groups in total. The maximum atomic E-state index is 12.4. The predicted octanol–water partition coefficient (Wildman–Crippen LogP) is 2.55. The summed E-state index contributed by atoms with van der Waals surface area (Å²) in [7, 11) is 0. The van der Waals surface area contributed by atoms with Crippen molar-refractivity contribution in [3.8, 4) is 0 Å². The lowest BCUT2D eigenvalue weighted by molar-refractivity contribution is -0.260. The highest BCUT2D eigenvalue weighted by molar-refractivity contribution is 5.85. The predicted molar refractivity (Wildman–Crippen MR) is 112 cm³/mol. The van der Waals surface area contributed by atoms with Crippen LogP contribution in [0.3, 0.4) is 0 Å². The second-order valence-corrected chi connectivity index (χ2v) is 11.1. The van der Waals surface area contributed by atoms with Gasteiger partial charge in [0.25, 0.3) is 0 Å². The average Bonchev–Trinajstić information content (AvgIpc) is 3.14. The van der Waals surface area contributed by atoms with Crippen LogP contribution in [0.25, 0.3) is 0 Å². The quantitative estimate of drug-likeness (QED) is 0.230. The van der Waals surface area contributed by atoms with E-state index in [0.29, 0.717) is 38.7 Å². The number of ether oxygens (including phenoxy) is 1. The summed E-state index contributed by atoms with van der Waals surface area (Å²) < 4.78 is 5.21. The van der Waals surface area contributed by atoms with E-state index in [-0.39, 0.29) is 35.6 Å². The molecule has 0 saturated heterocycles. The van der Waals surface area contributed by atoms with E-state index in [0.717, 1.165) is 31.3 Å². The van der Waals surface area contributed by atoms with E-state index in [9.17, 15) is 25.3 Å². The Hall–Kier alpha value is -1.44. The Bertz CT molecular complexity index is 827. The molecule has 0 spiro atoms. The Balaban J connectivity index is 1.55. The summed E-state index contributed by atoms with van der Waals surface area (Å²) in [5.74, 6) is -0.221. The zero-order chi connectivity index (χ0) is 22.1. The number of hydrogen-bond acceptors (Lipinski definition) is 7. The Labute approximate surface area is 183 Å². The van der Waals surface area contributed by atoms with Gasteiger partial charge in [0.1, 0.15) is 6.61 Å². The normalized spacial score (nSPS) is 52.1. The second kappa shape index (κ2) is 7.03. The molecule has 172 valence electrons. The number of cyclic esters (lactones) is 1. The van der Waals surface area contributed by atoms with Crippen molar-refractivity contribution in [1.29, 1.82) is 0 Å². The number of carbonyl (C=O) groups is 1. The van der Waals surface area contributed by atoms with Gasteiger partial charge in [0.2, 0.25) is 0 Å². The highest BCUT2D eigenvalue weighted by atomic mass is 16.5. The van der Waals surface area contributed by atoms with Crippen LogP contribution in [0, 0.1) is 28.6 Å². The van der Waals surface area contributed by atoms with Crippen LogP contribution in [0.15, 0.2) is 16.8 Å². The van der Waals surface area contributed by atoms with Crippen LogP contribution in [0.2, 0.25) is 0 Å². The average molecular weight is 434 g/mol. The number of aliphatic hydroxyl groups excluding tert-OH is 1. The van der Waals surface area contributed by atoms with E-state index < -0.39 is 22.7 Å². The van der Waals surface area contributed by atoms with Gasteiger partial charge in [0.05, 0.1) is 23.5 Å². The molecule has 4 saturated carbocycles. The van der Waals surface area contributed by atoms with Gasteiger partial charge in [0.15, 0.2) is 0 Å². The van der Waals surface area contributed by atoms with Crippen LogP contribution < -0.4 is 0 Å². The molecule has 4 aliphatic carbocycles. The first kappa shape index (κ1) is 21.4. The van der Waals surface area contributed by atoms with Crippen LogP contribution in [0.4, 0.5) is 0 Å². The third kappa shape index (κ3) is 2.75. The summed E-state index contributed by atoms with van der Waals surface area (Å²) in [6, 6.07) is 0. The zero-order valence-corrected chi connectivity index (χ0v) is 18.3. The van der Waals surface area contributed by atoms with Crippen LogP contribution in [-0.4, -0.2) is 56.6 Å². The van der Waals surface area contributed by atoms with Gasteiger partial charge >= 0.3 is 5.97 Å². The maximum Gasteiger partial charge on any atom is 0.331 e. The van der Waals surface area contributed by atoms with Gasteiger partial charge in [-0.2, -0.15) is 0 Å². The van der Waals surface area contributed by atoms with Crippen LogP contribution in [0.1, 0.15) is 71.1 Å². The molecule has 0 aromatic rings. The smallest absolute Gasteiger partial charge is 0.331 e. The molecule has 5 rings (SSSR count). The number of esters is 1. The summed E-state index contributed by atoms with van der Waals surface area (Å²) in [4.78, 5) is 11.8. The number of oxime groups is 1. The van der Waals surface area contributed by atoms with Crippen molar-refractivity contribution in [1.82, 2.24) is 0 Å². The molecule has 0 amide bonds. The van der Waals surface area contributed by atoms with Crippen molar-refractivity contribution >= 4 is 12.2 Å². The molecule has 8 unspecified atom stereocenters. The molecular weight excluding hydrogens is 398 g/mol. The van der Waals surface area contributed by atoms with Crippen molar-refractivity contribution in [2.24, 2.45) is 33.7 Å². The fourth-order valence-corrected chi connectivity index (χ4v) is 8.68. The summed E-state index contributed by atoms with van der Waals surface area (Å²) in [6.45, 7) is 2.50. The molecule has 8 atom stereocenters. The van der Waals surface area contributed by atoms with Crippen molar-refractivity contribution in [3.05, 3.63) is 11.6 Å². The standard InChI is InChI=1S/C24H35NO6/c1-21-8-5-18-19(6-10-23(28)12-16(26)4-9-22(18,23)14-25-30)24(21,29)7-2-3-17(21)15-11-20(27)31-13-15/h11,14,16-19,26,28-30H,2-10,12-13H2,1H3/b25-14+. The lowest BCUT2D eigenvalue weighted by Crippen LogP contribution is -2.71. The Morgan fingerprint density at radius 2 is 1.87 bits per heavy atom. The fraction of sp³-hybridized carbons (Fsp3) is 0.833. The molecule has 0 aromatic carbocycles. The lowest BCUT2D eigenvalue weighted by Gasteiger charge is -2.68. The number of carbonyl (C=O) groups excluding carboxylic acids is 1. The van der Waals surface area contributed by atoms with Gasteiger partial charge in [-0.3, -0.25) is 0 Å². The minimum Gasteiger partial charge on any atom is -0.458 e. The summed E-state index contributed by atoms with van der Waals surface area (Å²) in [6.07, 6.45) is 9.27. The van der Waals surface area contributed by atoms with Gasteiger partial charge in [-0.15, -0.1) is 5.16 Å². The molecular formula is C24H35NO6. The van der Waals surface area contributed by atoms with Crippen LogP contribution in [-0.2, 0) is 9.53 Å². The first-order chi connectivity index (χ1) is 14.7. The highest BCUT2D eigenvalue weighted by Gasteiger charge is 2.70. The number of rotatable bonds is 2. The number of fused-ring (bicyclic) bond motifs is 5. The maximum absolute atomic E-state index is 12.4. The summed E-state index contributed by atoms with van der Waals surface area (Å²) in [5.41, 5.74) is -2.14. The van der Waals surface area contributed by atoms with Crippen molar-refractivity contribution in [2.75, 3.05) is 6.61 Å². The van der Waals surface area contributed by atoms with E-state index in [1.54, 1.807) is 6.08 Å². The first-order valence-electron chi connectivity index (χ1n) is 11.9. The fourth-order valence-electron chi connectivity index (χ4n) is 8.68. The summed E-state index contributed by atoms with van der Waals surface area (Å²) in [5, 5.41) is 47.3.